The van der Waals surface area contributed by atoms with Gasteiger partial charge in [0.2, 0.25) is 15.9 Å². The standard InChI is InChI=1S/C14H23N3O3S2/c1-4-6-13-16-10(2)12(21-13)9-15-14(18)11-7-5-8-17(11)22(3,19)20/h11H,4-9H2,1-3H3,(H,15,18). The molecule has 2 heterocycles. The molecule has 1 fully saturated rings. The van der Waals surface area contributed by atoms with E-state index in [1.54, 1.807) is 11.3 Å². The minimum absolute atomic E-state index is 0.215. The van der Waals surface area contributed by atoms with Crippen molar-refractivity contribution < 1.29 is 13.2 Å². The van der Waals surface area contributed by atoms with E-state index in [0.717, 1.165) is 41.1 Å². The molecule has 1 saturated heterocycles. The van der Waals surface area contributed by atoms with Crippen molar-refractivity contribution in [2.75, 3.05) is 12.8 Å². The highest BCUT2D eigenvalue weighted by Crippen LogP contribution is 2.22. The van der Waals surface area contributed by atoms with E-state index in [-0.39, 0.29) is 5.91 Å². The molecule has 0 radical (unpaired) electrons. The number of thiazole rings is 1. The van der Waals surface area contributed by atoms with Crippen LogP contribution in [0.5, 0.6) is 0 Å². The lowest BCUT2D eigenvalue weighted by Gasteiger charge is -2.21. The molecule has 1 aliphatic rings. The van der Waals surface area contributed by atoms with Crippen molar-refractivity contribution >= 4 is 27.3 Å². The van der Waals surface area contributed by atoms with Crippen LogP contribution in [0.2, 0.25) is 0 Å². The maximum atomic E-state index is 12.3. The van der Waals surface area contributed by atoms with E-state index in [4.69, 9.17) is 0 Å². The summed E-state index contributed by atoms with van der Waals surface area (Å²) < 4.78 is 24.7. The summed E-state index contributed by atoms with van der Waals surface area (Å²) in [7, 11) is -3.33. The van der Waals surface area contributed by atoms with Crippen LogP contribution in [0.15, 0.2) is 0 Å². The molecular formula is C14H23N3O3S2. The van der Waals surface area contributed by atoms with Crippen molar-refractivity contribution in [3.8, 4) is 0 Å². The first-order valence-corrected chi connectivity index (χ1v) is 10.2. The number of sulfonamides is 1. The Bertz CT molecular complexity index is 640. The summed E-state index contributed by atoms with van der Waals surface area (Å²) in [6, 6.07) is -0.571. The number of nitrogens with zero attached hydrogens (tertiary/aromatic N) is 2. The van der Waals surface area contributed by atoms with E-state index in [1.807, 2.05) is 6.92 Å². The van der Waals surface area contributed by atoms with E-state index in [9.17, 15) is 13.2 Å². The molecule has 2 rings (SSSR count). The van der Waals surface area contributed by atoms with Gasteiger partial charge in [-0.2, -0.15) is 4.31 Å². The lowest BCUT2D eigenvalue weighted by Crippen LogP contribution is -2.45. The topological polar surface area (TPSA) is 79.4 Å². The predicted octanol–water partition coefficient (Wildman–Crippen LogP) is 1.44. The summed E-state index contributed by atoms with van der Waals surface area (Å²) in [6.45, 7) is 4.89. The Balaban J connectivity index is 1.98. The average Bonchev–Trinajstić information content (AvgIpc) is 3.03. The monoisotopic (exact) mass is 345 g/mol. The van der Waals surface area contributed by atoms with Gasteiger partial charge in [0, 0.05) is 11.4 Å². The maximum Gasteiger partial charge on any atom is 0.238 e. The third-order valence-electron chi connectivity index (χ3n) is 3.76. The first kappa shape index (κ1) is 17.4. The smallest absolute Gasteiger partial charge is 0.238 e. The molecule has 0 spiro atoms. The van der Waals surface area contributed by atoms with Gasteiger partial charge in [0.1, 0.15) is 6.04 Å². The number of rotatable bonds is 6. The molecule has 1 amide bonds. The number of carbonyl (C=O) groups excluding carboxylic acids is 1. The number of hydrogen-bond acceptors (Lipinski definition) is 5. The SMILES string of the molecule is CCCc1nc(C)c(CNC(=O)C2CCCN2S(C)(=O)=O)s1. The maximum absolute atomic E-state index is 12.3. The highest BCUT2D eigenvalue weighted by Gasteiger charge is 2.36. The van der Waals surface area contributed by atoms with Gasteiger partial charge in [0.25, 0.3) is 0 Å². The third-order valence-corrected chi connectivity index (χ3v) is 6.26. The summed E-state index contributed by atoms with van der Waals surface area (Å²) in [5.41, 5.74) is 0.945. The van der Waals surface area contributed by atoms with Gasteiger partial charge in [-0.3, -0.25) is 4.79 Å². The summed E-state index contributed by atoms with van der Waals surface area (Å²) >= 11 is 1.62. The number of nitrogens with one attached hydrogen (secondary N) is 1. The minimum Gasteiger partial charge on any atom is -0.350 e. The molecule has 8 heteroatoms. The van der Waals surface area contributed by atoms with Gasteiger partial charge in [0.05, 0.1) is 23.5 Å². The van der Waals surface area contributed by atoms with Crippen LogP contribution in [0.4, 0.5) is 0 Å². The molecule has 1 aliphatic heterocycles. The van der Waals surface area contributed by atoms with Crippen LogP contribution in [0, 0.1) is 6.92 Å². The Morgan fingerprint density at radius 3 is 2.86 bits per heavy atom. The van der Waals surface area contributed by atoms with Gasteiger partial charge in [-0.25, -0.2) is 13.4 Å². The summed E-state index contributed by atoms with van der Waals surface area (Å²) in [5, 5.41) is 3.95. The van der Waals surface area contributed by atoms with Gasteiger partial charge >= 0.3 is 0 Å². The van der Waals surface area contributed by atoms with E-state index in [0.29, 0.717) is 19.5 Å². The van der Waals surface area contributed by atoms with Crippen molar-refractivity contribution in [3.05, 3.63) is 15.6 Å². The molecule has 0 aliphatic carbocycles. The Morgan fingerprint density at radius 2 is 2.23 bits per heavy atom. The predicted molar refractivity (Wildman–Crippen MR) is 87.3 cm³/mol. The zero-order valence-electron chi connectivity index (χ0n) is 13.3. The molecule has 1 N–H and O–H groups in total. The molecule has 1 aromatic rings. The Kier molecular flexibility index (Phi) is 5.57. The molecule has 22 heavy (non-hydrogen) atoms. The lowest BCUT2D eigenvalue weighted by atomic mass is 10.2. The van der Waals surface area contributed by atoms with Crippen molar-refractivity contribution in [2.45, 2.75) is 52.1 Å². The first-order valence-electron chi connectivity index (χ1n) is 7.52. The molecule has 0 aromatic carbocycles. The third kappa shape index (κ3) is 4.05. The molecule has 1 aromatic heterocycles. The van der Waals surface area contributed by atoms with Crippen LogP contribution in [0.1, 0.15) is 41.8 Å². The summed E-state index contributed by atoms with van der Waals surface area (Å²) in [4.78, 5) is 17.8. The van der Waals surface area contributed by atoms with Gasteiger partial charge in [-0.1, -0.05) is 6.92 Å². The highest BCUT2D eigenvalue weighted by molar-refractivity contribution is 7.88. The average molecular weight is 345 g/mol. The molecule has 0 bridgehead atoms. The van der Waals surface area contributed by atoms with Gasteiger partial charge in [-0.05, 0) is 32.6 Å². The molecule has 0 saturated carbocycles. The second-order valence-electron chi connectivity index (χ2n) is 5.62. The second kappa shape index (κ2) is 7.06. The van der Waals surface area contributed by atoms with Crippen LogP contribution < -0.4 is 5.32 Å². The molecule has 1 unspecified atom stereocenters. The number of carbonyl (C=O) groups is 1. The van der Waals surface area contributed by atoms with Crippen molar-refractivity contribution in [3.63, 3.8) is 0 Å². The van der Waals surface area contributed by atoms with E-state index < -0.39 is 16.1 Å². The number of hydrogen-bond donors (Lipinski definition) is 1. The summed E-state index contributed by atoms with van der Waals surface area (Å²) in [5.74, 6) is -0.215. The minimum atomic E-state index is -3.33. The summed E-state index contributed by atoms with van der Waals surface area (Å²) in [6.07, 6.45) is 4.46. The lowest BCUT2D eigenvalue weighted by molar-refractivity contribution is -0.124. The van der Waals surface area contributed by atoms with Crippen molar-refractivity contribution in [2.24, 2.45) is 0 Å². The highest BCUT2D eigenvalue weighted by atomic mass is 32.2. The Morgan fingerprint density at radius 1 is 1.50 bits per heavy atom. The molecule has 124 valence electrons. The van der Waals surface area contributed by atoms with Crippen molar-refractivity contribution in [1.82, 2.24) is 14.6 Å². The zero-order valence-corrected chi connectivity index (χ0v) is 14.9. The van der Waals surface area contributed by atoms with Gasteiger partial charge in [0.15, 0.2) is 0 Å². The quantitative estimate of drug-likeness (QED) is 0.846. The number of aromatic nitrogens is 1. The second-order valence-corrected chi connectivity index (χ2v) is 8.72. The Hall–Kier alpha value is -0.990. The van der Waals surface area contributed by atoms with E-state index in [1.165, 1.54) is 4.31 Å². The largest absolute Gasteiger partial charge is 0.350 e. The van der Waals surface area contributed by atoms with Gasteiger partial charge in [-0.15, -0.1) is 11.3 Å². The molecule has 6 nitrogen and oxygen atoms in total. The fourth-order valence-corrected chi connectivity index (χ4v) is 4.89. The Labute approximate surface area is 136 Å². The normalized spacial score (nSPS) is 19.5. The number of amides is 1. The van der Waals surface area contributed by atoms with Crippen molar-refractivity contribution in [1.29, 1.82) is 0 Å². The van der Waals surface area contributed by atoms with Crippen LogP contribution in [-0.4, -0.2) is 42.5 Å². The number of aryl methyl sites for hydroxylation is 2. The van der Waals surface area contributed by atoms with Crippen LogP contribution in [-0.2, 0) is 27.8 Å². The first-order chi connectivity index (χ1) is 10.3. The van der Waals surface area contributed by atoms with Crippen LogP contribution in [0.3, 0.4) is 0 Å². The van der Waals surface area contributed by atoms with Crippen LogP contribution in [0.25, 0.3) is 0 Å². The molecular weight excluding hydrogens is 322 g/mol. The van der Waals surface area contributed by atoms with E-state index >= 15 is 0 Å². The van der Waals surface area contributed by atoms with Gasteiger partial charge < -0.3 is 5.32 Å². The zero-order chi connectivity index (χ0) is 16.3. The molecule has 1 atom stereocenters. The van der Waals surface area contributed by atoms with Crippen LogP contribution >= 0.6 is 11.3 Å². The fraction of sp³-hybridized carbons (Fsp3) is 0.714. The van der Waals surface area contributed by atoms with E-state index in [2.05, 4.69) is 17.2 Å². The fourth-order valence-electron chi connectivity index (χ4n) is 2.66.